The molecule has 0 amide bonds. The molecule has 6 nitrogen and oxygen atoms in total. The maximum absolute atomic E-state index is 14.2. The molecule has 10 heteroatoms. The number of esters is 1. The van der Waals surface area contributed by atoms with E-state index in [4.69, 9.17) is 44.3 Å². The van der Waals surface area contributed by atoms with Crippen molar-refractivity contribution < 1.29 is 14.3 Å². The van der Waals surface area contributed by atoms with Crippen LogP contribution in [-0.4, -0.2) is 17.1 Å². The smallest absolute Gasteiger partial charge is 0.338 e. The molecule has 6 rings (SSSR count). The lowest BCUT2D eigenvalue weighted by Gasteiger charge is -2.25. The Kier molecular flexibility index (Phi) is 8.65. The second-order valence-electron chi connectivity index (χ2n) is 10.1. The van der Waals surface area contributed by atoms with Gasteiger partial charge < -0.3 is 9.47 Å². The van der Waals surface area contributed by atoms with Crippen LogP contribution in [0.2, 0.25) is 15.1 Å². The Bertz CT molecular complexity index is 2150. The van der Waals surface area contributed by atoms with E-state index in [0.29, 0.717) is 41.4 Å². The minimum absolute atomic E-state index is 0.182. The van der Waals surface area contributed by atoms with Gasteiger partial charge in [-0.05, 0) is 66.1 Å². The molecule has 0 aliphatic carbocycles. The second kappa shape index (κ2) is 12.6. The van der Waals surface area contributed by atoms with Crippen LogP contribution in [0.25, 0.3) is 16.8 Å². The molecule has 0 fully saturated rings. The molecule has 222 valence electrons. The van der Waals surface area contributed by atoms with Crippen molar-refractivity contribution in [1.29, 1.82) is 0 Å². The Labute approximate surface area is 272 Å². The summed E-state index contributed by atoms with van der Waals surface area (Å²) >= 11 is 20.2. The van der Waals surface area contributed by atoms with E-state index in [1.165, 1.54) is 15.9 Å². The summed E-state index contributed by atoms with van der Waals surface area (Å²) in [6.45, 7) is 3.90. The molecule has 5 aromatic rings. The van der Waals surface area contributed by atoms with E-state index >= 15 is 0 Å². The van der Waals surface area contributed by atoms with Gasteiger partial charge in [-0.2, -0.15) is 0 Å². The number of allylic oxidation sites excluding steroid dienone is 1. The highest BCUT2D eigenvalue weighted by Gasteiger charge is 2.34. The summed E-state index contributed by atoms with van der Waals surface area (Å²) in [6.07, 6.45) is 1.82. The molecule has 0 unspecified atom stereocenters. The SMILES string of the molecule is CCOC(=O)C1=C(C)N=c2s/c(=C\c3c(OCc4ccc(Cl)c(Cl)c4)ccc4ccccc34)c(=O)n2[C@@H]1c1ccccc1Cl. The highest BCUT2D eigenvalue weighted by Crippen LogP contribution is 2.35. The summed E-state index contributed by atoms with van der Waals surface area (Å²) in [5.41, 5.74) is 2.63. The minimum Gasteiger partial charge on any atom is -0.488 e. The molecule has 0 spiro atoms. The first-order valence-electron chi connectivity index (χ1n) is 13.8. The average Bonchev–Trinajstić information content (AvgIpc) is 3.32. The Morgan fingerprint density at radius 2 is 1.75 bits per heavy atom. The lowest BCUT2D eigenvalue weighted by Crippen LogP contribution is -2.40. The number of ether oxygens (including phenoxy) is 2. The number of carbonyl (C=O) groups excluding carboxylic acids is 1. The molecule has 1 aromatic heterocycles. The van der Waals surface area contributed by atoms with E-state index < -0.39 is 12.0 Å². The van der Waals surface area contributed by atoms with Crippen molar-refractivity contribution in [2.75, 3.05) is 6.61 Å². The predicted molar refractivity (Wildman–Crippen MR) is 177 cm³/mol. The van der Waals surface area contributed by atoms with Crippen LogP contribution in [0.15, 0.2) is 99.9 Å². The van der Waals surface area contributed by atoms with E-state index in [-0.39, 0.29) is 24.3 Å². The molecular weight excluding hydrogens is 639 g/mol. The number of fused-ring (bicyclic) bond motifs is 2. The summed E-state index contributed by atoms with van der Waals surface area (Å²) in [4.78, 5) is 32.6. The van der Waals surface area contributed by atoms with E-state index in [1.54, 1.807) is 38.1 Å². The molecule has 1 aliphatic heterocycles. The van der Waals surface area contributed by atoms with Gasteiger partial charge in [0.2, 0.25) is 0 Å². The van der Waals surface area contributed by atoms with Crippen molar-refractivity contribution in [2.45, 2.75) is 26.5 Å². The summed E-state index contributed by atoms with van der Waals surface area (Å²) in [5.74, 6) is 0.0478. The molecule has 1 aliphatic rings. The zero-order chi connectivity index (χ0) is 31.0. The first-order chi connectivity index (χ1) is 21.3. The fourth-order valence-electron chi connectivity index (χ4n) is 5.25. The van der Waals surface area contributed by atoms with Gasteiger partial charge >= 0.3 is 5.97 Å². The van der Waals surface area contributed by atoms with Crippen LogP contribution in [0.1, 0.15) is 36.6 Å². The van der Waals surface area contributed by atoms with Crippen molar-refractivity contribution in [3.8, 4) is 5.75 Å². The van der Waals surface area contributed by atoms with Crippen LogP contribution < -0.4 is 19.6 Å². The zero-order valence-electron chi connectivity index (χ0n) is 23.6. The summed E-state index contributed by atoms with van der Waals surface area (Å²) < 4.78 is 13.6. The van der Waals surface area contributed by atoms with Crippen LogP contribution in [0.3, 0.4) is 0 Å². The summed E-state index contributed by atoms with van der Waals surface area (Å²) in [6, 6.07) is 23.5. The van der Waals surface area contributed by atoms with Gasteiger partial charge in [-0.3, -0.25) is 9.36 Å². The number of thiazole rings is 1. The average molecular weight is 664 g/mol. The lowest BCUT2D eigenvalue weighted by molar-refractivity contribution is -0.139. The number of rotatable bonds is 7. The van der Waals surface area contributed by atoms with Crippen LogP contribution >= 0.6 is 46.1 Å². The lowest BCUT2D eigenvalue weighted by atomic mass is 9.96. The molecule has 1 atom stereocenters. The first kappa shape index (κ1) is 30.2. The first-order valence-corrected chi connectivity index (χ1v) is 15.7. The fourth-order valence-corrected chi connectivity index (χ4v) is 6.84. The number of hydrogen-bond donors (Lipinski definition) is 0. The quantitative estimate of drug-likeness (QED) is 0.169. The maximum Gasteiger partial charge on any atom is 0.338 e. The third-order valence-electron chi connectivity index (χ3n) is 7.30. The van der Waals surface area contributed by atoms with Gasteiger partial charge in [-0.1, -0.05) is 101 Å². The Balaban J connectivity index is 1.53. The molecule has 0 N–H and O–H groups in total. The molecule has 0 saturated carbocycles. The summed E-state index contributed by atoms with van der Waals surface area (Å²) in [7, 11) is 0. The maximum atomic E-state index is 14.2. The van der Waals surface area contributed by atoms with Gasteiger partial charge in [0.05, 0.1) is 32.5 Å². The summed E-state index contributed by atoms with van der Waals surface area (Å²) in [5, 5.41) is 3.24. The Morgan fingerprint density at radius 1 is 0.977 bits per heavy atom. The number of carbonyl (C=O) groups is 1. The molecule has 0 bridgehead atoms. The number of halogens is 3. The highest BCUT2D eigenvalue weighted by molar-refractivity contribution is 7.07. The highest BCUT2D eigenvalue weighted by atomic mass is 35.5. The number of nitrogens with zero attached hydrogens (tertiary/aromatic N) is 2. The normalized spacial score (nSPS) is 14.8. The van der Waals surface area contributed by atoms with Gasteiger partial charge in [0.1, 0.15) is 18.4 Å². The van der Waals surface area contributed by atoms with Gasteiger partial charge in [0, 0.05) is 10.6 Å². The third-order valence-corrected chi connectivity index (χ3v) is 9.37. The largest absolute Gasteiger partial charge is 0.488 e. The van der Waals surface area contributed by atoms with Crippen molar-refractivity contribution >= 4 is 69.0 Å². The van der Waals surface area contributed by atoms with Crippen LogP contribution in [-0.2, 0) is 16.1 Å². The van der Waals surface area contributed by atoms with Crippen LogP contribution in [0.4, 0.5) is 0 Å². The molecule has 2 heterocycles. The standard InChI is InChI=1S/C34H25Cl3N2O4S/c1-3-42-33(41)30-19(2)38-34-39(31(30)23-10-6-7-11-25(23)35)32(40)29(44-34)17-24-22-9-5-4-8-21(22)13-15-28(24)43-18-20-12-14-26(36)27(37)16-20/h4-17,31H,3,18H2,1-2H3/b29-17-/t31-/m1/s1. The second-order valence-corrected chi connectivity index (χ2v) is 12.3. The predicted octanol–water partition coefficient (Wildman–Crippen LogP) is 7.49. The topological polar surface area (TPSA) is 69.9 Å². The van der Waals surface area contributed by atoms with Crippen molar-refractivity contribution in [3.05, 3.63) is 142 Å². The number of benzene rings is 4. The monoisotopic (exact) mass is 662 g/mol. The third kappa shape index (κ3) is 5.69. The molecule has 0 radical (unpaired) electrons. The molecule has 0 saturated heterocycles. The van der Waals surface area contributed by atoms with Crippen molar-refractivity contribution in [1.82, 2.24) is 4.57 Å². The fraction of sp³-hybridized carbons (Fsp3) is 0.147. The minimum atomic E-state index is -0.806. The van der Waals surface area contributed by atoms with Crippen molar-refractivity contribution in [2.24, 2.45) is 4.99 Å². The van der Waals surface area contributed by atoms with Crippen LogP contribution in [0.5, 0.6) is 5.75 Å². The van der Waals surface area contributed by atoms with Crippen molar-refractivity contribution in [3.63, 3.8) is 0 Å². The number of hydrogen-bond acceptors (Lipinski definition) is 6. The molecule has 4 aromatic carbocycles. The van der Waals surface area contributed by atoms with Gasteiger partial charge in [-0.25, -0.2) is 9.79 Å². The van der Waals surface area contributed by atoms with E-state index in [2.05, 4.69) is 4.99 Å². The Morgan fingerprint density at radius 3 is 2.52 bits per heavy atom. The molecule has 44 heavy (non-hydrogen) atoms. The van der Waals surface area contributed by atoms with E-state index in [1.807, 2.05) is 60.7 Å². The molecular formula is C34H25Cl3N2O4S. The van der Waals surface area contributed by atoms with Crippen LogP contribution in [0, 0.1) is 0 Å². The Hall–Kier alpha value is -3.88. The van der Waals surface area contributed by atoms with E-state index in [9.17, 15) is 9.59 Å². The van der Waals surface area contributed by atoms with Gasteiger partial charge in [-0.15, -0.1) is 0 Å². The van der Waals surface area contributed by atoms with E-state index in [0.717, 1.165) is 21.9 Å². The number of aromatic nitrogens is 1. The van der Waals surface area contributed by atoms with Gasteiger partial charge in [0.15, 0.2) is 4.80 Å². The zero-order valence-corrected chi connectivity index (χ0v) is 26.7. The van der Waals surface area contributed by atoms with Gasteiger partial charge in [0.25, 0.3) is 5.56 Å².